The van der Waals surface area contributed by atoms with Crippen molar-refractivity contribution in [1.82, 2.24) is 9.88 Å². The van der Waals surface area contributed by atoms with Crippen LogP contribution in [-0.2, 0) is 11.3 Å². The minimum absolute atomic E-state index is 0.458. The van der Waals surface area contributed by atoms with Crippen LogP contribution in [0.2, 0.25) is 0 Å². The fraction of sp³-hybridized carbons (Fsp3) is 0.643. The van der Waals surface area contributed by atoms with E-state index in [9.17, 15) is 0 Å². The molecule has 2 aliphatic rings. The molecule has 3 heteroatoms. The van der Waals surface area contributed by atoms with E-state index in [4.69, 9.17) is 4.74 Å². The molecule has 2 fully saturated rings. The van der Waals surface area contributed by atoms with E-state index in [1.165, 1.54) is 25.1 Å². The van der Waals surface area contributed by atoms with Crippen LogP contribution in [0.15, 0.2) is 18.2 Å². The zero-order valence-corrected chi connectivity index (χ0v) is 10.6. The van der Waals surface area contributed by atoms with Crippen molar-refractivity contribution in [2.45, 2.75) is 38.5 Å². The molecule has 1 aromatic heterocycles. The molecule has 2 heterocycles. The maximum atomic E-state index is 5.63. The summed E-state index contributed by atoms with van der Waals surface area (Å²) >= 11 is 0. The number of methoxy groups -OCH3 is 1. The molecule has 3 rings (SSSR count). The molecule has 2 bridgehead atoms. The Morgan fingerprint density at radius 1 is 1.41 bits per heavy atom. The van der Waals surface area contributed by atoms with Gasteiger partial charge in [-0.05, 0) is 37.8 Å². The molecule has 92 valence electrons. The van der Waals surface area contributed by atoms with Gasteiger partial charge in [-0.3, -0.25) is 9.88 Å². The second-order valence-corrected chi connectivity index (χ2v) is 5.30. The summed E-state index contributed by atoms with van der Waals surface area (Å²) < 4.78 is 5.63. The Balaban J connectivity index is 1.71. The average molecular weight is 232 g/mol. The number of nitrogens with zero attached hydrogens (tertiary/aromatic N) is 2. The van der Waals surface area contributed by atoms with E-state index in [0.717, 1.165) is 18.2 Å². The van der Waals surface area contributed by atoms with Crippen LogP contribution in [0.4, 0.5) is 0 Å². The first kappa shape index (κ1) is 11.2. The Morgan fingerprint density at radius 2 is 2.29 bits per heavy atom. The smallest absolute Gasteiger partial charge is 0.0766 e. The quantitative estimate of drug-likeness (QED) is 0.797. The van der Waals surface area contributed by atoms with Crippen LogP contribution in [0.3, 0.4) is 0 Å². The van der Waals surface area contributed by atoms with Gasteiger partial charge in [0.2, 0.25) is 0 Å². The number of fused-ring (bicyclic) bond motifs is 2. The first-order chi connectivity index (χ1) is 8.28. The first-order valence-corrected chi connectivity index (χ1v) is 6.47. The van der Waals surface area contributed by atoms with Crippen LogP contribution in [0.25, 0.3) is 0 Å². The number of rotatable bonds is 3. The summed E-state index contributed by atoms with van der Waals surface area (Å²) in [5.74, 6) is 0.745. The van der Waals surface area contributed by atoms with Gasteiger partial charge in [-0.25, -0.2) is 0 Å². The third kappa shape index (κ3) is 1.98. The van der Waals surface area contributed by atoms with Gasteiger partial charge >= 0.3 is 0 Å². The van der Waals surface area contributed by atoms with E-state index in [1.54, 1.807) is 0 Å². The molecular formula is C14H20N2O. The number of ether oxygens (including phenoxy) is 1. The fourth-order valence-corrected chi connectivity index (χ4v) is 3.48. The molecule has 0 unspecified atom stereocenters. The zero-order chi connectivity index (χ0) is 11.8. The Bertz CT molecular complexity index is 407. The zero-order valence-electron chi connectivity index (χ0n) is 10.6. The molecule has 1 aliphatic heterocycles. The molecule has 3 nitrogen and oxygen atoms in total. The van der Waals surface area contributed by atoms with Gasteiger partial charge in [0.1, 0.15) is 0 Å². The number of hydrogen-bond acceptors (Lipinski definition) is 3. The third-order valence-corrected chi connectivity index (χ3v) is 4.20. The maximum Gasteiger partial charge on any atom is 0.0766 e. The van der Waals surface area contributed by atoms with Crippen molar-refractivity contribution in [3.63, 3.8) is 0 Å². The lowest BCUT2D eigenvalue weighted by molar-refractivity contribution is 0.0678. The predicted molar refractivity (Wildman–Crippen MR) is 66.7 cm³/mol. The van der Waals surface area contributed by atoms with Gasteiger partial charge < -0.3 is 4.74 Å². The van der Waals surface area contributed by atoms with E-state index in [-0.39, 0.29) is 0 Å². The Morgan fingerprint density at radius 3 is 3.00 bits per heavy atom. The fourth-order valence-electron chi connectivity index (χ4n) is 3.48. The van der Waals surface area contributed by atoms with Crippen molar-refractivity contribution in [3.05, 3.63) is 29.6 Å². The van der Waals surface area contributed by atoms with Crippen molar-refractivity contribution >= 4 is 0 Å². The monoisotopic (exact) mass is 232 g/mol. The van der Waals surface area contributed by atoms with Crippen molar-refractivity contribution in [2.75, 3.05) is 13.7 Å². The molecule has 17 heavy (non-hydrogen) atoms. The Labute approximate surface area is 103 Å². The summed E-state index contributed by atoms with van der Waals surface area (Å²) in [6, 6.07) is 6.89. The number of aromatic nitrogens is 1. The highest BCUT2D eigenvalue weighted by Gasteiger charge is 2.46. The Hall–Kier alpha value is -0.930. The summed E-state index contributed by atoms with van der Waals surface area (Å²) in [6.45, 7) is 4.21. The van der Waals surface area contributed by atoms with Crippen LogP contribution in [-0.4, -0.2) is 35.7 Å². The third-order valence-electron chi connectivity index (χ3n) is 4.20. The molecular weight excluding hydrogens is 212 g/mol. The van der Waals surface area contributed by atoms with Crippen molar-refractivity contribution in [2.24, 2.45) is 5.92 Å². The summed E-state index contributed by atoms with van der Waals surface area (Å²) in [5.41, 5.74) is 2.29. The lowest BCUT2D eigenvalue weighted by Gasteiger charge is -2.26. The topological polar surface area (TPSA) is 25.4 Å². The minimum Gasteiger partial charge on any atom is -0.379 e. The number of aryl methyl sites for hydroxylation is 1. The molecule has 0 radical (unpaired) electrons. The van der Waals surface area contributed by atoms with Gasteiger partial charge in [0, 0.05) is 31.9 Å². The van der Waals surface area contributed by atoms with Gasteiger partial charge in [0.25, 0.3) is 0 Å². The minimum atomic E-state index is 0.458. The molecule has 1 aromatic rings. The van der Waals surface area contributed by atoms with Gasteiger partial charge in [0.05, 0.1) is 11.8 Å². The molecule has 0 N–H and O–H groups in total. The predicted octanol–water partition coefficient (Wildman–Crippen LogP) is 2.00. The molecule has 1 aliphatic carbocycles. The van der Waals surface area contributed by atoms with Crippen molar-refractivity contribution < 1.29 is 4.74 Å². The van der Waals surface area contributed by atoms with Crippen LogP contribution >= 0.6 is 0 Å². The van der Waals surface area contributed by atoms with Crippen LogP contribution in [0, 0.1) is 12.8 Å². The lowest BCUT2D eigenvalue weighted by atomic mass is 10.1. The second-order valence-electron chi connectivity index (χ2n) is 5.30. The number of pyridine rings is 1. The second kappa shape index (κ2) is 4.39. The van der Waals surface area contributed by atoms with E-state index < -0.39 is 0 Å². The van der Waals surface area contributed by atoms with Crippen LogP contribution < -0.4 is 0 Å². The SMILES string of the molecule is CO[C@@H]1[C@H]2CC[C@H]1N(Cc1cccc(C)n1)C2. The van der Waals surface area contributed by atoms with Gasteiger partial charge in [-0.2, -0.15) is 0 Å². The van der Waals surface area contributed by atoms with Crippen LogP contribution in [0.1, 0.15) is 24.2 Å². The molecule has 0 aromatic carbocycles. The van der Waals surface area contributed by atoms with Gasteiger partial charge in [-0.1, -0.05) is 6.07 Å². The van der Waals surface area contributed by atoms with Crippen molar-refractivity contribution in [1.29, 1.82) is 0 Å². The standard InChI is InChI=1S/C14H20N2O/c1-10-4-3-5-12(15-10)9-16-8-11-6-7-13(16)14(11)17-2/h3-5,11,13-14H,6-9H2,1-2H3/t11-,13+,14+/m0/s1. The van der Waals surface area contributed by atoms with Crippen LogP contribution in [0.5, 0.6) is 0 Å². The largest absolute Gasteiger partial charge is 0.379 e. The van der Waals surface area contributed by atoms with Gasteiger partial charge in [0.15, 0.2) is 0 Å². The summed E-state index contributed by atoms with van der Waals surface area (Å²) in [4.78, 5) is 7.13. The molecule has 1 saturated carbocycles. The molecule has 0 amide bonds. The highest BCUT2D eigenvalue weighted by atomic mass is 16.5. The van der Waals surface area contributed by atoms with E-state index in [0.29, 0.717) is 12.1 Å². The summed E-state index contributed by atoms with van der Waals surface area (Å²) in [6.07, 6.45) is 3.08. The first-order valence-electron chi connectivity index (χ1n) is 6.47. The average Bonchev–Trinajstić information content (AvgIpc) is 2.85. The Kier molecular flexibility index (Phi) is 2.89. The van der Waals surface area contributed by atoms with E-state index >= 15 is 0 Å². The summed E-state index contributed by atoms with van der Waals surface area (Å²) in [7, 11) is 1.85. The highest BCUT2D eigenvalue weighted by molar-refractivity contribution is 5.11. The summed E-state index contributed by atoms with van der Waals surface area (Å²) in [5, 5.41) is 0. The lowest BCUT2D eigenvalue weighted by Crippen LogP contribution is -2.34. The number of piperidine rings is 1. The highest BCUT2D eigenvalue weighted by Crippen LogP contribution is 2.39. The normalized spacial score (nSPS) is 32.2. The van der Waals surface area contributed by atoms with Gasteiger partial charge in [-0.15, -0.1) is 0 Å². The number of hydrogen-bond donors (Lipinski definition) is 0. The molecule has 0 spiro atoms. The molecule has 3 atom stereocenters. The van der Waals surface area contributed by atoms with E-state index in [2.05, 4.69) is 35.0 Å². The number of likely N-dealkylation sites (tertiary alicyclic amines) is 1. The molecule has 1 saturated heterocycles. The maximum absolute atomic E-state index is 5.63. The van der Waals surface area contributed by atoms with E-state index in [1.807, 2.05) is 7.11 Å². The van der Waals surface area contributed by atoms with Crippen molar-refractivity contribution in [3.8, 4) is 0 Å².